The lowest BCUT2D eigenvalue weighted by Crippen LogP contribution is -2.48. The molecule has 1 N–H and O–H groups in total. The standard InChI is InChI=1S/C17H28N4O/c1-11-15(10-18-21(11)17(2,3)4)16(22)20(5)14-8-12-6-7-13(9-14)19-12/h10,12-14,19H,6-9H2,1-5H3. The fourth-order valence-electron chi connectivity index (χ4n) is 4.00. The van der Waals surface area contributed by atoms with Crippen molar-refractivity contribution in [1.82, 2.24) is 20.0 Å². The Balaban J connectivity index is 1.78. The van der Waals surface area contributed by atoms with Gasteiger partial charge in [-0.3, -0.25) is 9.48 Å². The minimum atomic E-state index is -0.102. The maximum atomic E-state index is 12.9. The molecule has 2 atom stereocenters. The number of piperidine rings is 1. The zero-order valence-corrected chi connectivity index (χ0v) is 14.4. The van der Waals surface area contributed by atoms with E-state index in [1.54, 1.807) is 6.20 Å². The summed E-state index contributed by atoms with van der Waals surface area (Å²) in [5, 5.41) is 8.07. The van der Waals surface area contributed by atoms with Crippen molar-refractivity contribution in [3.63, 3.8) is 0 Å². The molecule has 0 spiro atoms. The largest absolute Gasteiger partial charge is 0.338 e. The molecule has 0 aliphatic carbocycles. The van der Waals surface area contributed by atoms with Crippen LogP contribution in [0.5, 0.6) is 0 Å². The van der Waals surface area contributed by atoms with Crippen LogP contribution in [0.15, 0.2) is 6.20 Å². The van der Waals surface area contributed by atoms with E-state index in [-0.39, 0.29) is 11.4 Å². The monoisotopic (exact) mass is 304 g/mol. The first-order chi connectivity index (χ1) is 10.3. The highest BCUT2D eigenvalue weighted by Crippen LogP contribution is 2.30. The van der Waals surface area contributed by atoms with Gasteiger partial charge in [0.15, 0.2) is 0 Å². The Morgan fingerprint density at radius 1 is 1.32 bits per heavy atom. The summed E-state index contributed by atoms with van der Waals surface area (Å²) in [5.41, 5.74) is 1.60. The first-order valence-electron chi connectivity index (χ1n) is 8.35. The van der Waals surface area contributed by atoms with Crippen molar-refractivity contribution >= 4 is 5.91 Å². The first-order valence-corrected chi connectivity index (χ1v) is 8.35. The molecule has 3 heterocycles. The predicted molar refractivity (Wildman–Crippen MR) is 87.0 cm³/mol. The molecule has 2 unspecified atom stereocenters. The van der Waals surface area contributed by atoms with Crippen LogP contribution in [-0.4, -0.2) is 45.8 Å². The van der Waals surface area contributed by atoms with Gasteiger partial charge in [-0.2, -0.15) is 5.10 Å². The number of rotatable bonds is 2. The maximum absolute atomic E-state index is 12.9. The molecule has 2 aliphatic heterocycles. The van der Waals surface area contributed by atoms with Crippen LogP contribution in [0.2, 0.25) is 0 Å². The quantitative estimate of drug-likeness (QED) is 0.912. The van der Waals surface area contributed by atoms with E-state index in [4.69, 9.17) is 0 Å². The Morgan fingerprint density at radius 2 is 1.91 bits per heavy atom. The van der Waals surface area contributed by atoms with E-state index >= 15 is 0 Å². The molecule has 0 radical (unpaired) electrons. The van der Waals surface area contributed by atoms with Gasteiger partial charge in [0.1, 0.15) is 0 Å². The topological polar surface area (TPSA) is 50.2 Å². The number of hydrogen-bond acceptors (Lipinski definition) is 3. The van der Waals surface area contributed by atoms with Gasteiger partial charge >= 0.3 is 0 Å². The first kappa shape index (κ1) is 15.5. The lowest BCUT2D eigenvalue weighted by molar-refractivity contribution is 0.0680. The van der Waals surface area contributed by atoms with Crippen LogP contribution in [0.4, 0.5) is 0 Å². The van der Waals surface area contributed by atoms with Crippen LogP contribution in [0.1, 0.15) is 62.5 Å². The van der Waals surface area contributed by atoms with Crippen molar-refractivity contribution < 1.29 is 4.79 Å². The van der Waals surface area contributed by atoms with E-state index in [2.05, 4.69) is 31.2 Å². The second-order valence-corrected chi connectivity index (χ2v) is 7.91. The number of carbonyl (C=O) groups excluding carboxylic acids is 1. The second kappa shape index (κ2) is 5.37. The van der Waals surface area contributed by atoms with E-state index in [1.807, 2.05) is 23.6 Å². The highest BCUT2D eigenvalue weighted by Gasteiger charge is 2.37. The minimum absolute atomic E-state index is 0.102. The van der Waals surface area contributed by atoms with Gasteiger partial charge in [0.25, 0.3) is 5.91 Å². The molecule has 1 aromatic heterocycles. The number of aromatic nitrogens is 2. The number of nitrogens with zero attached hydrogens (tertiary/aromatic N) is 3. The van der Waals surface area contributed by atoms with Gasteiger partial charge in [-0.1, -0.05) is 0 Å². The summed E-state index contributed by atoms with van der Waals surface area (Å²) < 4.78 is 1.94. The zero-order valence-electron chi connectivity index (χ0n) is 14.4. The second-order valence-electron chi connectivity index (χ2n) is 7.91. The molecule has 0 aromatic carbocycles. The highest BCUT2D eigenvalue weighted by molar-refractivity contribution is 5.95. The van der Waals surface area contributed by atoms with Gasteiger partial charge in [-0.25, -0.2) is 0 Å². The Labute approximate surface area is 133 Å². The van der Waals surface area contributed by atoms with Gasteiger partial charge in [-0.15, -0.1) is 0 Å². The number of nitrogens with one attached hydrogen (secondary N) is 1. The third kappa shape index (κ3) is 2.67. The zero-order chi connectivity index (χ0) is 16.1. The van der Waals surface area contributed by atoms with Crippen molar-refractivity contribution in [2.24, 2.45) is 0 Å². The normalized spacial score (nSPS) is 28.0. The van der Waals surface area contributed by atoms with Crippen molar-refractivity contribution in [2.75, 3.05) is 7.05 Å². The highest BCUT2D eigenvalue weighted by atomic mass is 16.2. The third-order valence-corrected chi connectivity index (χ3v) is 5.19. The Hall–Kier alpha value is -1.36. The van der Waals surface area contributed by atoms with Crippen LogP contribution in [0.3, 0.4) is 0 Å². The summed E-state index contributed by atoms with van der Waals surface area (Å²) in [6.45, 7) is 8.31. The van der Waals surface area contributed by atoms with Gasteiger partial charge in [-0.05, 0) is 53.4 Å². The minimum Gasteiger partial charge on any atom is -0.338 e. The van der Waals surface area contributed by atoms with Crippen LogP contribution in [0, 0.1) is 6.92 Å². The van der Waals surface area contributed by atoms with Crippen molar-refractivity contribution in [3.8, 4) is 0 Å². The molecule has 2 bridgehead atoms. The SMILES string of the molecule is Cc1c(C(=O)N(C)C2CC3CCC(C2)N3)cnn1C(C)(C)C. The van der Waals surface area contributed by atoms with E-state index in [0.717, 1.165) is 24.1 Å². The summed E-state index contributed by atoms with van der Waals surface area (Å²) in [4.78, 5) is 14.8. The summed E-state index contributed by atoms with van der Waals surface area (Å²) in [6, 6.07) is 1.54. The van der Waals surface area contributed by atoms with Gasteiger partial charge < -0.3 is 10.2 Å². The summed E-state index contributed by atoms with van der Waals surface area (Å²) in [5.74, 6) is 0.110. The van der Waals surface area contributed by atoms with Gasteiger partial charge in [0, 0.05) is 30.9 Å². The fraction of sp³-hybridized carbons (Fsp3) is 0.765. The van der Waals surface area contributed by atoms with Crippen molar-refractivity contribution in [3.05, 3.63) is 17.5 Å². The van der Waals surface area contributed by atoms with E-state index in [9.17, 15) is 4.79 Å². The van der Waals surface area contributed by atoms with E-state index in [1.165, 1.54) is 12.8 Å². The van der Waals surface area contributed by atoms with Crippen molar-refractivity contribution in [2.45, 2.75) is 77.0 Å². The van der Waals surface area contributed by atoms with Crippen LogP contribution < -0.4 is 5.32 Å². The number of fused-ring (bicyclic) bond motifs is 2. The Morgan fingerprint density at radius 3 is 2.41 bits per heavy atom. The maximum Gasteiger partial charge on any atom is 0.257 e. The molecule has 5 nitrogen and oxygen atoms in total. The summed E-state index contributed by atoms with van der Waals surface area (Å²) in [6.07, 6.45) is 6.39. The van der Waals surface area contributed by atoms with Crippen LogP contribution in [0.25, 0.3) is 0 Å². The molecule has 2 aliphatic rings. The predicted octanol–water partition coefficient (Wildman–Crippen LogP) is 2.30. The average molecular weight is 304 g/mol. The van der Waals surface area contributed by atoms with E-state index < -0.39 is 0 Å². The van der Waals surface area contributed by atoms with Crippen molar-refractivity contribution in [1.29, 1.82) is 0 Å². The average Bonchev–Trinajstić information content (AvgIpc) is 2.99. The molecule has 1 amide bonds. The number of hydrogen-bond donors (Lipinski definition) is 1. The van der Waals surface area contributed by atoms with Gasteiger partial charge in [0.05, 0.1) is 17.3 Å². The lowest BCUT2D eigenvalue weighted by atomic mass is 9.98. The molecule has 1 aromatic rings. The Kier molecular flexibility index (Phi) is 3.79. The van der Waals surface area contributed by atoms with Gasteiger partial charge in [0.2, 0.25) is 0 Å². The third-order valence-electron chi connectivity index (χ3n) is 5.19. The summed E-state index contributed by atoms with van der Waals surface area (Å²) in [7, 11) is 1.95. The molecule has 2 fully saturated rings. The molecule has 5 heteroatoms. The summed E-state index contributed by atoms with van der Waals surface area (Å²) >= 11 is 0. The fourth-order valence-corrected chi connectivity index (χ4v) is 4.00. The molecule has 122 valence electrons. The number of carbonyl (C=O) groups is 1. The van der Waals surface area contributed by atoms with Crippen LogP contribution in [-0.2, 0) is 5.54 Å². The molecule has 2 saturated heterocycles. The smallest absolute Gasteiger partial charge is 0.257 e. The molecule has 0 saturated carbocycles. The lowest BCUT2D eigenvalue weighted by Gasteiger charge is -2.35. The molecular formula is C17H28N4O. The molecule has 22 heavy (non-hydrogen) atoms. The number of amides is 1. The molecular weight excluding hydrogens is 276 g/mol. The van der Waals surface area contributed by atoms with Crippen LogP contribution >= 0.6 is 0 Å². The Bertz CT molecular complexity index is 560. The van der Waals surface area contributed by atoms with E-state index in [0.29, 0.717) is 18.1 Å². The molecule has 3 rings (SSSR count).